The van der Waals surface area contributed by atoms with E-state index < -0.39 is 0 Å². The number of morpholine rings is 1. The zero-order chi connectivity index (χ0) is 19.3. The Hall–Kier alpha value is -1.93. The van der Waals surface area contributed by atoms with Crippen LogP contribution in [0.25, 0.3) is 0 Å². The highest BCUT2D eigenvalue weighted by molar-refractivity contribution is 6.30. The van der Waals surface area contributed by atoms with Crippen LogP contribution >= 0.6 is 11.6 Å². The number of ether oxygens (including phenoxy) is 1. The zero-order valence-electron chi connectivity index (χ0n) is 15.9. The van der Waals surface area contributed by atoms with E-state index in [0.717, 1.165) is 69.7 Å². The Labute approximate surface area is 169 Å². The van der Waals surface area contributed by atoms with Gasteiger partial charge < -0.3 is 9.64 Å². The van der Waals surface area contributed by atoms with Gasteiger partial charge in [0.25, 0.3) is 5.56 Å². The topological polar surface area (TPSA) is 64.7 Å². The van der Waals surface area contributed by atoms with Crippen molar-refractivity contribution in [2.24, 2.45) is 0 Å². The molecule has 0 aliphatic carbocycles. The molecular weight excluding hydrogens is 378 g/mol. The van der Waals surface area contributed by atoms with Gasteiger partial charge in [0.05, 0.1) is 18.9 Å². The number of rotatable bonds is 5. The van der Waals surface area contributed by atoms with E-state index in [-0.39, 0.29) is 5.56 Å². The Kier molecular flexibility index (Phi) is 6.26. The normalized spacial score (nSPS) is 19.1. The van der Waals surface area contributed by atoms with Crippen molar-refractivity contribution in [1.29, 1.82) is 0 Å². The van der Waals surface area contributed by atoms with Crippen LogP contribution in [0.5, 0.6) is 0 Å². The minimum atomic E-state index is -0.0883. The minimum absolute atomic E-state index is 0.0883. The molecule has 0 saturated carbocycles. The monoisotopic (exact) mass is 403 g/mol. The SMILES string of the molecule is O=c1cc(CN2CCOCC2)nc(N2CCN(Cc3cccc(Cl)c3)CC2)[nH]1. The number of piperazine rings is 1. The maximum Gasteiger partial charge on any atom is 0.252 e. The molecule has 2 aromatic rings. The molecule has 3 heterocycles. The van der Waals surface area contributed by atoms with Crippen molar-refractivity contribution < 1.29 is 4.74 Å². The quantitative estimate of drug-likeness (QED) is 0.817. The van der Waals surface area contributed by atoms with Crippen molar-refractivity contribution in [3.8, 4) is 0 Å². The lowest BCUT2D eigenvalue weighted by Crippen LogP contribution is -2.47. The predicted octanol–water partition coefficient (Wildman–Crippen LogP) is 1.58. The molecule has 1 aromatic heterocycles. The van der Waals surface area contributed by atoms with Gasteiger partial charge in [-0.05, 0) is 17.7 Å². The van der Waals surface area contributed by atoms with Gasteiger partial charge in [0.2, 0.25) is 5.95 Å². The average Bonchev–Trinajstić information content (AvgIpc) is 2.69. The van der Waals surface area contributed by atoms with Crippen LogP contribution in [0.4, 0.5) is 5.95 Å². The number of hydrogen-bond acceptors (Lipinski definition) is 6. The summed E-state index contributed by atoms with van der Waals surface area (Å²) < 4.78 is 5.39. The highest BCUT2D eigenvalue weighted by Crippen LogP contribution is 2.16. The van der Waals surface area contributed by atoms with Crippen molar-refractivity contribution in [2.45, 2.75) is 13.1 Å². The molecule has 28 heavy (non-hydrogen) atoms. The number of hydrogen-bond donors (Lipinski definition) is 1. The minimum Gasteiger partial charge on any atom is -0.379 e. The number of halogens is 1. The Morgan fingerprint density at radius 1 is 1.00 bits per heavy atom. The highest BCUT2D eigenvalue weighted by atomic mass is 35.5. The van der Waals surface area contributed by atoms with Crippen LogP contribution in [-0.2, 0) is 17.8 Å². The molecule has 150 valence electrons. The van der Waals surface area contributed by atoms with Gasteiger partial charge in [0.1, 0.15) is 0 Å². The average molecular weight is 404 g/mol. The number of nitrogens with zero attached hydrogens (tertiary/aromatic N) is 4. The molecule has 0 unspecified atom stereocenters. The zero-order valence-corrected chi connectivity index (χ0v) is 16.7. The fourth-order valence-corrected chi connectivity index (χ4v) is 3.94. The summed E-state index contributed by atoms with van der Waals surface area (Å²) in [6.45, 7) is 8.33. The lowest BCUT2D eigenvalue weighted by molar-refractivity contribution is 0.0336. The lowest BCUT2D eigenvalue weighted by atomic mass is 10.2. The van der Waals surface area contributed by atoms with Crippen LogP contribution in [0.2, 0.25) is 5.02 Å². The summed E-state index contributed by atoms with van der Waals surface area (Å²) in [5.74, 6) is 0.679. The molecule has 7 nitrogen and oxygen atoms in total. The van der Waals surface area contributed by atoms with Crippen LogP contribution < -0.4 is 10.5 Å². The van der Waals surface area contributed by atoms with E-state index in [1.165, 1.54) is 5.56 Å². The molecule has 2 saturated heterocycles. The standard InChI is InChI=1S/C20H26ClN5O2/c21-17-3-1-2-16(12-17)14-24-4-6-26(7-5-24)20-22-18(13-19(27)23-20)15-25-8-10-28-11-9-25/h1-3,12-13H,4-11,14-15H2,(H,22,23,27). The van der Waals surface area contributed by atoms with Gasteiger partial charge in [-0.1, -0.05) is 23.7 Å². The summed E-state index contributed by atoms with van der Waals surface area (Å²) in [7, 11) is 0. The summed E-state index contributed by atoms with van der Waals surface area (Å²) in [5.41, 5.74) is 1.96. The van der Waals surface area contributed by atoms with Crippen LogP contribution in [0.15, 0.2) is 35.1 Å². The molecule has 2 aliphatic rings. The molecule has 1 aromatic carbocycles. The van der Waals surface area contributed by atoms with Gasteiger partial charge in [-0.15, -0.1) is 0 Å². The maximum absolute atomic E-state index is 12.1. The van der Waals surface area contributed by atoms with Crippen LogP contribution in [-0.4, -0.2) is 72.3 Å². The van der Waals surface area contributed by atoms with E-state index in [1.807, 2.05) is 18.2 Å². The van der Waals surface area contributed by atoms with E-state index in [0.29, 0.717) is 12.5 Å². The van der Waals surface area contributed by atoms with E-state index in [4.69, 9.17) is 21.3 Å². The first-order chi connectivity index (χ1) is 13.7. The molecule has 0 spiro atoms. The third-order valence-electron chi connectivity index (χ3n) is 5.24. The second-order valence-electron chi connectivity index (χ2n) is 7.34. The fraction of sp³-hybridized carbons (Fsp3) is 0.500. The molecule has 0 radical (unpaired) electrons. The van der Waals surface area contributed by atoms with Crippen molar-refractivity contribution in [3.63, 3.8) is 0 Å². The Bertz CT molecular complexity index is 844. The lowest BCUT2D eigenvalue weighted by Gasteiger charge is -2.35. The third-order valence-corrected chi connectivity index (χ3v) is 5.47. The first-order valence-electron chi connectivity index (χ1n) is 9.78. The Morgan fingerprint density at radius 3 is 2.50 bits per heavy atom. The largest absolute Gasteiger partial charge is 0.379 e. The van der Waals surface area contributed by atoms with Crippen LogP contribution in [0, 0.1) is 0 Å². The molecule has 1 N–H and O–H groups in total. The van der Waals surface area contributed by atoms with Gasteiger partial charge in [-0.2, -0.15) is 0 Å². The molecule has 0 amide bonds. The highest BCUT2D eigenvalue weighted by Gasteiger charge is 2.20. The molecule has 8 heteroatoms. The molecule has 0 atom stereocenters. The number of aromatic amines is 1. The second kappa shape index (κ2) is 9.05. The molecule has 4 rings (SSSR count). The molecule has 2 fully saturated rings. The molecule has 0 bridgehead atoms. The Balaban J connectivity index is 1.36. The first-order valence-corrected chi connectivity index (χ1v) is 10.2. The predicted molar refractivity (Wildman–Crippen MR) is 110 cm³/mol. The fourth-order valence-electron chi connectivity index (χ4n) is 3.72. The first kappa shape index (κ1) is 19.4. The number of H-pyrrole nitrogens is 1. The van der Waals surface area contributed by atoms with Crippen LogP contribution in [0.3, 0.4) is 0 Å². The van der Waals surface area contributed by atoms with Crippen molar-refractivity contribution in [3.05, 3.63) is 57.0 Å². The van der Waals surface area contributed by atoms with Gasteiger partial charge in [0, 0.05) is 63.4 Å². The summed E-state index contributed by atoms with van der Waals surface area (Å²) in [5, 5.41) is 0.773. The summed E-state index contributed by atoms with van der Waals surface area (Å²) >= 11 is 6.09. The number of benzene rings is 1. The van der Waals surface area contributed by atoms with Gasteiger partial charge in [-0.3, -0.25) is 19.6 Å². The van der Waals surface area contributed by atoms with Crippen LogP contribution in [0.1, 0.15) is 11.3 Å². The second-order valence-corrected chi connectivity index (χ2v) is 7.78. The van der Waals surface area contributed by atoms with E-state index in [1.54, 1.807) is 6.07 Å². The number of nitrogens with one attached hydrogen (secondary N) is 1. The summed E-state index contributed by atoms with van der Waals surface area (Å²) in [6, 6.07) is 9.61. The Morgan fingerprint density at radius 2 is 1.75 bits per heavy atom. The van der Waals surface area contributed by atoms with Crippen molar-refractivity contribution >= 4 is 17.5 Å². The van der Waals surface area contributed by atoms with Gasteiger partial charge >= 0.3 is 0 Å². The smallest absolute Gasteiger partial charge is 0.252 e. The summed E-state index contributed by atoms with van der Waals surface area (Å²) in [4.78, 5) is 26.6. The van der Waals surface area contributed by atoms with E-state index in [2.05, 4.69) is 25.8 Å². The van der Waals surface area contributed by atoms with E-state index in [9.17, 15) is 4.79 Å². The maximum atomic E-state index is 12.1. The molecular formula is C20H26ClN5O2. The van der Waals surface area contributed by atoms with E-state index >= 15 is 0 Å². The van der Waals surface area contributed by atoms with Crippen molar-refractivity contribution in [2.75, 3.05) is 57.4 Å². The third kappa shape index (κ3) is 5.11. The van der Waals surface area contributed by atoms with Crippen molar-refractivity contribution in [1.82, 2.24) is 19.8 Å². The summed E-state index contributed by atoms with van der Waals surface area (Å²) in [6.07, 6.45) is 0. The number of aromatic nitrogens is 2. The van der Waals surface area contributed by atoms with Gasteiger partial charge in [-0.25, -0.2) is 4.98 Å². The molecule has 2 aliphatic heterocycles. The van der Waals surface area contributed by atoms with Gasteiger partial charge in [0.15, 0.2) is 0 Å². The number of anilines is 1.